The van der Waals surface area contributed by atoms with Crippen LogP contribution in [0.1, 0.15) is 44.2 Å². The molecule has 0 saturated heterocycles. The molecule has 0 saturated carbocycles. The molecule has 0 N–H and O–H groups in total. The number of hydrogen-bond acceptors (Lipinski definition) is 0. The van der Waals surface area contributed by atoms with Gasteiger partial charge in [-0.15, -0.1) is 5.73 Å². The van der Waals surface area contributed by atoms with Crippen LogP contribution in [0.4, 0.5) is 0 Å². The Kier molecular flexibility index (Phi) is 4.93. The average Bonchev–Trinajstić information content (AvgIpc) is 2.25. The molecule has 0 nitrogen and oxygen atoms in total. The van der Waals surface area contributed by atoms with E-state index in [1.54, 1.807) is 0 Å². The Hall–Kier alpha value is -1.26. The molecule has 0 aliphatic heterocycles. The summed E-state index contributed by atoms with van der Waals surface area (Å²) in [5, 5.41) is 0. The van der Waals surface area contributed by atoms with Crippen molar-refractivity contribution in [1.29, 1.82) is 0 Å². The van der Waals surface area contributed by atoms with Crippen molar-refractivity contribution in [2.45, 2.75) is 40.0 Å². The Morgan fingerprint density at radius 3 is 2.60 bits per heavy atom. The molecule has 0 heteroatoms. The third-order valence-electron chi connectivity index (χ3n) is 2.45. The minimum Gasteiger partial charge on any atom is -0.121 e. The first-order valence-electron chi connectivity index (χ1n) is 5.79. The summed E-state index contributed by atoms with van der Waals surface area (Å²) in [6.45, 7) is 6.53. The van der Waals surface area contributed by atoms with Gasteiger partial charge >= 0.3 is 0 Å². The second-order valence-corrected chi connectivity index (χ2v) is 3.80. The van der Waals surface area contributed by atoms with Crippen LogP contribution in [0.2, 0.25) is 0 Å². The molecule has 1 aromatic rings. The van der Waals surface area contributed by atoms with Crippen LogP contribution in [-0.4, -0.2) is 0 Å². The molecular weight excluding hydrogens is 180 g/mol. The molecule has 0 aliphatic rings. The molecule has 1 aromatic carbocycles. The minimum atomic E-state index is 1.05. The smallest absolute Gasteiger partial charge is 0.00112 e. The quantitative estimate of drug-likeness (QED) is 0.616. The van der Waals surface area contributed by atoms with Crippen LogP contribution in [0.25, 0.3) is 5.57 Å². The summed E-state index contributed by atoms with van der Waals surface area (Å²) in [5.41, 5.74) is 7.46. The first-order valence-corrected chi connectivity index (χ1v) is 5.79. The lowest BCUT2D eigenvalue weighted by Crippen LogP contribution is -1.87. The lowest BCUT2D eigenvalue weighted by Gasteiger charge is -2.06. The topological polar surface area (TPSA) is 0 Å². The average molecular weight is 200 g/mol. The molecule has 1 rings (SSSR count). The van der Waals surface area contributed by atoms with Gasteiger partial charge in [0, 0.05) is 5.57 Å². The largest absolute Gasteiger partial charge is 0.121 e. The fourth-order valence-corrected chi connectivity index (χ4v) is 1.67. The summed E-state index contributed by atoms with van der Waals surface area (Å²) in [6.07, 6.45) is 5.46. The molecule has 0 aromatic heterocycles. The zero-order valence-electron chi connectivity index (χ0n) is 10.0. The first-order chi connectivity index (χ1) is 7.29. The van der Waals surface area contributed by atoms with Gasteiger partial charge in [0.25, 0.3) is 0 Å². The zero-order valence-corrected chi connectivity index (χ0v) is 10.0. The fraction of sp³-hybridized carbons (Fsp3) is 0.400. The molecule has 80 valence electrons. The zero-order chi connectivity index (χ0) is 11.1. The van der Waals surface area contributed by atoms with Crippen molar-refractivity contribution >= 4 is 5.57 Å². The van der Waals surface area contributed by atoms with Crippen molar-refractivity contribution in [3.63, 3.8) is 0 Å². The van der Waals surface area contributed by atoms with E-state index in [0.717, 1.165) is 12.8 Å². The van der Waals surface area contributed by atoms with Gasteiger partial charge in [-0.2, -0.15) is 0 Å². The van der Waals surface area contributed by atoms with Gasteiger partial charge in [-0.3, -0.25) is 0 Å². The maximum atomic E-state index is 3.42. The third kappa shape index (κ3) is 3.42. The maximum absolute atomic E-state index is 3.42. The highest BCUT2D eigenvalue weighted by Crippen LogP contribution is 2.21. The SMILES string of the molecule is CCC=C=C(CCC)c1ccccc1C. The molecule has 0 heterocycles. The first kappa shape index (κ1) is 11.8. The van der Waals surface area contributed by atoms with Crippen LogP contribution in [0, 0.1) is 6.92 Å². The summed E-state index contributed by atoms with van der Waals surface area (Å²) < 4.78 is 0. The lowest BCUT2D eigenvalue weighted by atomic mass is 9.98. The molecule has 15 heavy (non-hydrogen) atoms. The second kappa shape index (κ2) is 6.27. The van der Waals surface area contributed by atoms with E-state index in [2.05, 4.69) is 56.8 Å². The van der Waals surface area contributed by atoms with E-state index < -0.39 is 0 Å². The van der Waals surface area contributed by atoms with E-state index in [1.807, 2.05) is 0 Å². The Bertz CT molecular complexity index is 365. The molecule has 0 unspecified atom stereocenters. The van der Waals surface area contributed by atoms with Crippen LogP contribution >= 0.6 is 0 Å². The lowest BCUT2D eigenvalue weighted by molar-refractivity contribution is 0.972. The standard InChI is InChI=1S/C15H20/c1-4-6-11-14(9-5-2)15-12-8-7-10-13(15)3/h6-8,10,12H,4-5,9H2,1-3H3. The highest BCUT2D eigenvalue weighted by molar-refractivity contribution is 5.67. The van der Waals surface area contributed by atoms with Crippen LogP contribution in [-0.2, 0) is 0 Å². The van der Waals surface area contributed by atoms with Crippen LogP contribution in [0.15, 0.2) is 36.1 Å². The van der Waals surface area contributed by atoms with E-state index >= 15 is 0 Å². The van der Waals surface area contributed by atoms with Crippen molar-refractivity contribution in [2.75, 3.05) is 0 Å². The Morgan fingerprint density at radius 1 is 1.27 bits per heavy atom. The van der Waals surface area contributed by atoms with Gasteiger partial charge in [-0.25, -0.2) is 0 Å². The van der Waals surface area contributed by atoms with Crippen molar-refractivity contribution < 1.29 is 0 Å². The minimum absolute atomic E-state index is 1.05. The fourth-order valence-electron chi connectivity index (χ4n) is 1.67. The van der Waals surface area contributed by atoms with E-state index in [0.29, 0.717) is 0 Å². The molecular formula is C15H20. The normalized spacial score (nSPS) is 9.53. The number of aryl methyl sites for hydroxylation is 1. The van der Waals surface area contributed by atoms with Crippen LogP contribution in [0.5, 0.6) is 0 Å². The van der Waals surface area contributed by atoms with Gasteiger partial charge < -0.3 is 0 Å². The molecule has 0 aliphatic carbocycles. The van der Waals surface area contributed by atoms with Crippen LogP contribution < -0.4 is 0 Å². The molecule has 0 atom stereocenters. The predicted octanol–water partition coefficient (Wildman–Crippen LogP) is 4.74. The third-order valence-corrected chi connectivity index (χ3v) is 2.45. The van der Waals surface area contributed by atoms with E-state index in [-0.39, 0.29) is 0 Å². The van der Waals surface area contributed by atoms with Gasteiger partial charge in [-0.1, -0.05) is 44.5 Å². The summed E-state index contributed by atoms with van der Waals surface area (Å²) in [6, 6.07) is 8.55. The molecule has 0 radical (unpaired) electrons. The van der Waals surface area contributed by atoms with Gasteiger partial charge in [0.05, 0.1) is 0 Å². The van der Waals surface area contributed by atoms with Gasteiger partial charge in [0.1, 0.15) is 0 Å². The second-order valence-electron chi connectivity index (χ2n) is 3.80. The molecule has 0 fully saturated rings. The van der Waals surface area contributed by atoms with Crippen LogP contribution in [0.3, 0.4) is 0 Å². The highest BCUT2D eigenvalue weighted by Gasteiger charge is 2.01. The number of benzene rings is 1. The molecule has 0 amide bonds. The van der Waals surface area contributed by atoms with Crippen molar-refractivity contribution in [2.24, 2.45) is 0 Å². The summed E-state index contributed by atoms with van der Waals surface area (Å²) in [7, 11) is 0. The van der Waals surface area contributed by atoms with E-state index in [4.69, 9.17) is 0 Å². The number of hydrogen-bond donors (Lipinski definition) is 0. The number of allylic oxidation sites excluding steroid dienone is 1. The summed E-state index contributed by atoms with van der Waals surface area (Å²) in [4.78, 5) is 0. The maximum Gasteiger partial charge on any atom is 0.00112 e. The van der Waals surface area contributed by atoms with Crippen molar-refractivity contribution in [3.8, 4) is 0 Å². The van der Waals surface area contributed by atoms with Crippen molar-refractivity contribution in [3.05, 3.63) is 47.2 Å². The van der Waals surface area contributed by atoms with E-state index in [9.17, 15) is 0 Å². The van der Waals surface area contributed by atoms with Gasteiger partial charge in [-0.05, 0) is 37.0 Å². The molecule has 0 bridgehead atoms. The highest BCUT2D eigenvalue weighted by atomic mass is 14.1. The Labute approximate surface area is 93.3 Å². The monoisotopic (exact) mass is 200 g/mol. The van der Waals surface area contributed by atoms with Gasteiger partial charge in [0.15, 0.2) is 0 Å². The van der Waals surface area contributed by atoms with E-state index in [1.165, 1.54) is 23.1 Å². The summed E-state index contributed by atoms with van der Waals surface area (Å²) >= 11 is 0. The van der Waals surface area contributed by atoms with Crippen molar-refractivity contribution in [1.82, 2.24) is 0 Å². The van der Waals surface area contributed by atoms with Gasteiger partial charge in [0.2, 0.25) is 0 Å². The molecule has 0 spiro atoms. The summed E-state index contributed by atoms with van der Waals surface area (Å²) in [5.74, 6) is 0. The Morgan fingerprint density at radius 2 is 2.00 bits per heavy atom. The number of rotatable bonds is 4. The predicted molar refractivity (Wildman–Crippen MR) is 67.9 cm³/mol. The Balaban J connectivity index is 3.10.